The third-order valence-corrected chi connectivity index (χ3v) is 4.85. The number of nitrogens with zero attached hydrogens (tertiary/aromatic N) is 3. The smallest absolute Gasteiger partial charge is 0.255 e. The number of benzene rings is 2. The Morgan fingerprint density at radius 1 is 1.00 bits per heavy atom. The number of rotatable bonds is 3. The van der Waals surface area contributed by atoms with Crippen LogP contribution in [0.25, 0.3) is 10.9 Å². The molecule has 1 aromatic heterocycles. The minimum absolute atomic E-state index is 0.119. The van der Waals surface area contributed by atoms with E-state index in [0.29, 0.717) is 11.3 Å². The summed E-state index contributed by atoms with van der Waals surface area (Å²) in [6, 6.07) is 17.6. The van der Waals surface area contributed by atoms with Gasteiger partial charge in [0, 0.05) is 42.8 Å². The van der Waals surface area contributed by atoms with E-state index < -0.39 is 0 Å². The highest BCUT2D eigenvalue weighted by Crippen LogP contribution is 2.19. The third-order valence-electron chi connectivity index (χ3n) is 4.85. The quantitative estimate of drug-likeness (QED) is 0.791. The van der Waals surface area contributed by atoms with Gasteiger partial charge in [-0.3, -0.25) is 9.78 Å². The second-order valence-electron chi connectivity index (χ2n) is 6.71. The zero-order valence-corrected chi connectivity index (χ0v) is 14.9. The van der Waals surface area contributed by atoms with Crippen LogP contribution in [0.2, 0.25) is 0 Å². The molecule has 1 amide bonds. The molecule has 1 fully saturated rings. The molecule has 0 saturated carbocycles. The van der Waals surface area contributed by atoms with Gasteiger partial charge in [-0.15, -0.1) is 0 Å². The van der Waals surface area contributed by atoms with Gasteiger partial charge in [0.15, 0.2) is 0 Å². The number of hydrogen-bond donors (Lipinski definition) is 1. The molecular weight excluding hydrogens is 324 g/mol. The van der Waals surface area contributed by atoms with Crippen molar-refractivity contribution < 1.29 is 4.79 Å². The van der Waals surface area contributed by atoms with Crippen LogP contribution in [0.15, 0.2) is 60.8 Å². The maximum atomic E-state index is 12.5. The largest absolute Gasteiger partial charge is 0.369 e. The molecule has 5 nitrogen and oxygen atoms in total. The number of piperazine rings is 1. The number of aromatic nitrogens is 1. The predicted molar refractivity (Wildman–Crippen MR) is 106 cm³/mol. The molecule has 1 saturated heterocycles. The second kappa shape index (κ2) is 7.14. The van der Waals surface area contributed by atoms with Crippen LogP contribution in [-0.4, -0.2) is 49.0 Å². The van der Waals surface area contributed by atoms with Gasteiger partial charge in [0.25, 0.3) is 5.91 Å². The molecule has 1 aliphatic heterocycles. The molecule has 26 heavy (non-hydrogen) atoms. The fourth-order valence-corrected chi connectivity index (χ4v) is 3.23. The molecule has 0 bridgehead atoms. The van der Waals surface area contributed by atoms with Crippen molar-refractivity contribution in [3.05, 3.63) is 66.4 Å². The highest BCUT2D eigenvalue weighted by molar-refractivity contribution is 6.05. The Labute approximate surface area is 153 Å². The molecular formula is C21H22N4O. The normalized spacial score (nSPS) is 15.2. The lowest BCUT2D eigenvalue weighted by Crippen LogP contribution is -2.44. The average Bonchev–Trinajstić information content (AvgIpc) is 2.68. The number of likely N-dealkylation sites (N-methyl/N-ethyl adjacent to an activating group) is 1. The Kier molecular flexibility index (Phi) is 4.54. The van der Waals surface area contributed by atoms with Gasteiger partial charge in [-0.05, 0) is 43.4 Å². The van der Waals surface area contributed by atoms with Crippen LogP contribution in [0, 0.1) is 0 Å². The molecule has 132 valence electrons. The summed E-state index contributed by atoms with van der Waals surface area (Å²) in [5.41, 5.74) is 3.44. The van der Waals surface area contributed by atoms with Gasteiger partial charge < -0.3 is 15.1 Å². The molecule has 0 unspecified atom stereocenters. The first-order valence-electron chi connectivity index (χ1n) is 8.89. The third kappa shape index (κ3) is 3.53. The van der Waals surface area contributed by atoms with Gasteiger partial charge in [-0.2, -0.15) is 0 Å². The second-order valence-corrected chi connectivity index (χ2v) is 6.71. The van der Waals surface area contributed by atoms with Crippen molar-refractivity contribution in [1.82, 2.24) is 9.88 Å². The molecule has 5 heteroatoms. The van der Waals surface area contributed by atoms with Crippen molar-refractivity contribution in [1.29, 1.82) is 0 Å². The van der Waals surface area contributed by atoms with Crippen molar-refractivity contribution in [2.75, 3.05) is 43.4 Å². The molecule has 0 atom stereocenters. The van der Waals surface area contributed by atoms with Gasteiger partial charge >= 0.3 is 0 Å². The van der Waals surface area contributed by atoms with Gasteiger partial charge in [0.05, 0.1) is 17.4 Å². The summed E-state index contributed by atoms with van der Waals surface area (Å²) in [6.45, 7) is 4.17. The Morgan fingerprint density at radius 2 is 1.73 bits per heavy atom. The van der Waals surface area contributed by atoms with Crippen molar-refractivity contribution in [3.63, 3.8) is 0 Å². The predicted octanol–water partition coefficient (Wildman–Crippen LogP) is 3.24. The van der Waals surface area contributed by atoms with E-state index in [4.69, 9.17) is 0 Å². The van der Waals surface area contributed by atoms with E-state index in [9.17, 15) is 4.79 Å². The standard InChI is InChI=1S/C21H22N4O/c1-24-10-12-25(13-11-24)19-8-6-16(7-9-19)21(26)23-18-14-17-4-2-3-5-20(17)22-15-18/h2-9,14-15H,10-13H2,1H3,(H,23,26). The monoisotopic (exact) mass is 346 g/mol. The SMILES string of the molecule is CN1CCN(c2ccc(C(=O)Nc3cnc4ccccc4c3)cc2)CC1. The number of hydrogen-bond acceptors (Lipinski definition) is 4. The minimum atomic E-state index is -0.119. The molecule has 2 aromatic carbocycles. The summed E-state index contributed by atoms with van der Waals surface area (Å²) < 4.78 is 0. The Bertz CT molecular complexity index is 915. The van der Waals surface area contributed by atoms with E-state index in [-0.39, 0.29) is 5.91 Å². The topological polar surface area (TPSA) is 48.5 Å². The van der Waals surface area contributed by atoms with Crippen LogP contribution >= 0.6 is 0 Å². The number of pyridine rings is 1. The number of para-hydroxylation sites is 1. The molecule has 0 aliphatic carbocycles. The Morgan fingerprint density at radius 3 is 2.50 bits per heavy atom. The van der Waals surface area contributed by atoms with Crippen LogP contribution in [0.3, 0.4) is 0 Å². The number of fused-ring (bicyclic) bond motifs is 1. The maximum absolute atomic E-state index is 12.5. The minimum Gasteiger partial charge on any atom is -0.369 e. The zero-order valence-electron chi connectivity index (χ0n) is 14.9. The first kappa shape index (κ1) is 16.5. The Hall–Kier alpha value is -2.92. The van der Waals surface area contributed by atoms with Crippen molar-refractivity contribution in [3.8, 4) is 0 Å². The number of carbonyl (C=O) groups excluding carboxylic acids is 1. The fraction of sp³-hybridized carbons (Fsp3) is 0.238. The first-order chi connectivity index (χ1) is 12.7. The van der Waals surface area contributed by atoms with Gasteiger partial charge in [0.2, 0.25) is 0 Å². The van der Waals surface area contributed by atoms with Gasteiger partial charge in [-0.1, -0.05) is 18.2 Å². The van der Waals surface area contributed by atoms with E-state index in [2.05, 4.69) is 27.1 Å². The van der Waals surface area contributed by atoms with Crippen LogP contribution in [-0.2, 0) is 0 Å². The van der Waals surface area contributed by atoms with E-state index in [1.165, 1.54) is 5.69 Å². The fourth-order valence-electron chi connectivity index (χ4n) is 3.23. The summed E-state index contributed by atoms with van der Waals surface area (Å²) in [7, 11) is 2.15. The number of anilines is 2. The molecule has 3 aromatic rings. The zero-order chi connectivity index (χ0) is 17.9. The summed E-state index contributed by atoms with van der Waals surface area (Å²) in [5, 5.41) is 3.94. The van der Waals surface area contributed by atoms with Crippen molar-refractivity contribution >= 4 is 28.2 Å². The highest BCUT2D eigenvalue weighted by atomic mass is 16.1. The Balaban J connectivity index is 1.45. The lowest BCUT2D eigenvalue weighted by atomic mass is 10.1. The van der Waals surface area contributed by atoms with E-state index in [1.807, 2.05) is 54.6 Å². The summed E-state index contributed by atoms with van der Waals surface area (Å²) in [5.74, 6) is -0.119. The molecule has 1 aliphatic rings. The van der Waals surface area contributed by atoms with E-state index in [0.717, 1.165) is 37.1 Å². The summed E-state index contributed by atoms with van der Waals surface area (Å²) >= 11 is 0. The molecule has 0 spiro atoms. The molecule has 0 radical (unpaired) electrons. The van der Waals surface area contributed by atoms with Gasteiger partial charge in [0.1, 0.15) is 0 Å². The van der Waals surface area contributed by atoms with Crippen LogP contribution in [0.4, 0.5) is 11.4 Å². The van der Waals surface area contributed by atoms with E-state index >= 15 is 0 Å². The number of carbonyl (C=O) groups is 1. The summed E-state index contributed by atoms with van der Waals surface area (Å²) in [6.07, 6.45) is 1.69. The highest BCUT2D eigenvalue weighted by Gasteiger charge is 2.15. The van der Waals surface area contributed by atoms with Crippen molar-refractivity contribution in [2.24, 2.45) is 0 Å². The van der Waals surface area contributed by atoms with Crippen LogP contribution < -0.4 is 10.2 Å². The lowest BCUT2D eigenvalue weighted by Gasteiger charge is -2.34. The number of amides is 1. The van der Waals surface area contributed by atoms with Crippen LogP contribution in [0.5, 0.6) is 0 Å². The number of nitrogens with one attached hydrogen (secondary N) is 1. The average molecular weight is 346 g/mol. The molecule has 4 rings (SSSR count). The maximum Gasteiger partial charge on any atom is 0.255 e. The summed E-state index contributed by atoms with van der Waals surface area (Å²) in [4.78, 5) is 21.6. The first-order valence-corrected chi connectivity index (χ1v) is 8.89. The van der Waals surface area contributed by atoms with E-state index in [1.54, 1.807) is 6.20 Å². The van der Waals surface area contributed by atoms with Crippen LogP contribution in [0.1, 0.15) is 10.4 Å². The molecule has 2 heterocycles. The van der Waals surface area contributed by atoms with Crippen molar-refractivity contribution in [2.45, 2.75) is 0 Å². The lowest BCUT2D eigenvalue weighted by molar-refractivity contribution is 0.102. The molecule has 1 N–H and O–H groups in total. The van der Waals surface area contributed by atoms with Gasteiger partial charge in [-0.25, -0.2) is 0 Å².